The number of hydrogen-bond donors (Lipinski definition) is 0. The van der Waals surface area contributed by atoms with E-state index in [0.717, 1.165) is 12.1 Å². The van der Waals surface area contributed by atoms with Gasteiger partial charge in [-0.1, -0.05) is 18.5 Å². The van der Waals surface area contributed by atoms with Gasteiger partial charge in [0.1, 0.15) is 11.4 Å². The molecule has 136 valence electrons. The smallest absolute Gasteiger partial charge is 0.418 e. The average Bonchev–Trinajstić information content (AvgIpc) is 2.48. The first-order chi connectivity index (χ1) is 11.6. The zero-order chi connectivity index (χ0) is 18.9. The highest BCUT2D eigenvalue weighted by Gasteiger charge is 2.35. The number of aromatic nitrogens is 2. The molecule has 0 fully saturated rings. The molecular formula is C16H15ClF4N2O2. The van der Waals surface area contributed by atoms with Gasteiger partial charge in [-0.2, -0.15) is 23.0 Å². The van der Waals surface area contributed by atoms with Gasteiger partial charge in [-0.25, -0.2) is 4.39 Å². The predicted octanol–water partition coefficient (Wildman–Crippen LogP) is 4.39. The van der Waals surface area contributed by atoms with Crippen LogP contribution in [0, 0.1) is 5.82 Å². The van der Waals surface area contributed by atoms with Crippen molar-refractivity contribution < 1.29 is 22.3 Å². The van der Waals surface area contributed by atoms with Gasteiger partial charge in [-0.05, 0) is 26.3 Å². The molecule has 0 spiro atoms. The number of alkyl halides is 3. The standard InChI is InChI=1S/C16H15ClF4N2O2/c1-4-9-10(16(19,20)21)7-22-23(15(9)24)13-6-14(25-8(2)3)11(17)5-12(13)18/h5-8H,4H2,1-3H3. The van der Waals surface area contributed by atoms with Gasteiger partial charge in [-0.15, -0.1) is 0 Å². The third-order valence-electron chi connectivity index (χ3n) is 3.33. The van der Waals surface area contributed by atoms with Crippen LogP contribution < -0.4 is 10.3 Å². The van der Waals surface area contributed by atoms with E-state index in [2.05, 4.69) is 5.10 Å². The quantitative estimate of drug-likeness (QED) is 0.741. The van der Waals surface area contributed by atoms with Crippen LogP contribution in [-0.2, 0) is 12.6 Å². The normalized spacial score (nSPS) is 11.9. The van der Waals surface area contributed by atoms with Gasteiger partial charge in [0, 0.05) is 11.6 Å². The summed E-state index contributed by atoms with van der Waals surface area (Å²) in [5, 5.41) is 3.46. The fourth-order valence-electron chi connectivity index (χ4n) is 2.27. The molecule has 1 aromatic heterocycles. The van der Waals surface area contributed by atoms with Crippen molar-refractivity contribution >= 4 is 11.6 Å². The predicted molar refractivity (Wildman–Crippen MR) is 84.9 cm³/mol. The summed E-state index contributed by atoms with van der Waals surface area (Å²) in [6, 6.07) is 2.06. The molecular weight excluding hydrogens is 364 g/mol. The van der Waals surface area contributed by atoms with Crippen LogP contribution in [0.5, 0.6) is 5.75 Å². The lowest BCUT2D eigenvalue weighted by molar-refractivity contribution is -0.138. The lowest BCUT2D eigenvalue weighted by Gasteiger charge is -2.16. The van der Waals surface area contributed by atoms with E-state index < -0.39 is 28.7 Å². The maximum absolute atomic E-state index is 14.2. The molecule has 0 saturated heterocycles. The molecule has 2 rings (SSSR count). The Hall–Kier alpha value is -2.09. The highest BCUT2D eigenvalue weighted by Crippen LogP contribution is 2.32. The molecule has 0 bridgehead atoms. The second-order valence-corrected chi connectivity index (χ2v) is 5.91. The highest BCUT2D eigenvalue weighted by atomic mass is 35.5. The summed E-state index contributed by atoms with van der Waals surface area (Å²) in [4.78, 5) is 12.4. The summed E-state index contributed by atoms with van der Waals surface area (Å²) in [6.45, 7) is 4.84. The first kappa shape index (κ1) is 19.2. The van der Waals surface area contributed by atoms with Crippen molar-refractivity contribution in [2.45, 2.75) is 39.5 Å². The number of nitrogens with zero attached hydrogens (tertiary/aromatic N) is 2. The molecule has 4 nitrogen and oxygen atoms in total. The first-order valence-corrected chi connectivity index (χ1v) is 7.78. The van der Waals surface area contributed by atoms with Crippen LogP contribution in [0.15, 0.2) is 23.1 Å². The Balaban J connectivity index is 2.69. The Kier molecular flexibility index (Phi) is 5.41. The van der Waals surface area contributed by atoms with Crippen molar-refractivity contribution in [2.24, 2.45) is 0 Å². The Morgan fingerprint density at radius 3 is 2.48 bits per heavy atom. The Morgan fingerprint density at radius 2 is 1.96 bits per heavy atom. The summed E-state index contributed by atoms with van der Waals surface area (Å²) in [6.07, 6.45) is -4.67. The average molecular weight is 379 g/mol. The van der Waals surface area contributed by atoms with Crippen molar-refractivity contribution in [2.75, 3.05) is 0 Å². The molecule has 0 amide bonds. The van der Waals surface area contributed by atoms with Crippen molar-refractivity contribution in [3.8, 4) is 11.4 Å². The van der Waals surface area contributed by atoms with E-state index in [9.17, 15) is 22.4 Å². The SMILES string of the molecule is CCc1c(C(F)(F)F)cnn(-c2cc(OC(C)C)c(Cl)cc2F)c1=O. The largest absolute Gasteiger partial charge is 0.489 e. The molecule has 25 heavy (non-hydrogen) atoms. The van der Waals surface area contributed by atoms with E-state index in [4.69, 9.17) is 16.3 Å². The van der Waals surface area contributed by atoms with E-state index in [1.165, 1.54) is 6.92 Å². The van der Waals surface area contributed by atoms with Gasteiger partial charge in [0.05, 0.1) is 22.9 Å². The molecule has 9 heteroatoms. The molecule has 0 atom stereocenters. The van der Waals surface area contributed by atoms with E-state index in [1.54, 1.807) is 13.8 Å². The summed E-state index contributed by atoms with van der Waals surface area (Å²) in [5.74, 6) is -0.808. The molecule has 0 unspecified atom stereocenters. The van der Waals surface area contributed by atoms with Crippen LogP contribution in [0.1, 0.15) is 31.9 Å². The minimum atomic E-state index is -4.72. The first-order valence-electron chi connectivity index (χ1n) is 7.40. The molecule has 0 aliphatic rings. The van der Waals surface area contributed by atoms with Crippen LogP contribution in [0.3, 0.4) is 0 Å². The van der Waals surface area contributed by atoms with E-state index in [-0.39, 0.29) is 29.0 Å². The molecule has 0 N–H and O–H groups in total. The molecule has 0 aliphatic carbocycles. The fourth-order valence-corrected chi connectivity index (χ4v) is 2.47. The van der Waals surface area contributed by atoms with Crippen LogP contribution >= 0.6 is 11.6 Å². The Bertz CT molecular complexity index is 847. The van der Waals surface area contributed by atoms with E-state index in [0.29, 0.717) is 10.9 Å². The van der Waals surface area contributed by atoms with E-state index in [1.807, 2.05) is 0 Å². The topological polar surface area (TPSA) is 44.1 Å². The third kappa shape index (κ3) is 3.95. The second-order valence-electron chi connectivity index (χ2n) is 5.51. The molecule has 0 saturated carbocycles. The van der Waals surface area contributed by atoms with Crippen molar-refractivity contribution in [1.82, 2.24) is 9.78 Å². The number of benzene rings is 1. The molecule has 1 aromatic carbocycles. The summed E-state index contributed by atoms with van der Waals surface area (Å²) in [7, 11) is 0. The zero-order valence-corrected chi connectivity index (χ0v) is 14.4. The van der Waals surface area contributed by atoms with Crippen molar-refractivity contribution in [1.29, 1.82) is 0 Å². The van der Waals surface area contributed by atoms with E-state index >= 15 is 0 Å². The van der Waals surface area contributed by atoms with Gasteiger partial charge in [-0.3, -0.25) is 4.79 Å². The van der Waals surface area contributed by atoms with Gasteiger partial charge < -0.3 is 4.74 Å². The van der Waals surface area contributed by atoms with Crippen molar-refractivity contribution in [3.63, 3.8) is 0 Å². The van der Waals surface area contributed by atoms with Gasteiger partial charge >= 0.3 is 6.18 Å². The highest BCUT2D eigenvalue weighted by molar-refractivity contribution is 6.32. The van der Waals surface area contributed by atoms with Gasteiger partial charge in [0.15, 0.2) is 5.82 Å². The lowest BCUT2D eigenvalue weighted by atomic mass is 10.1. The number of halogens is 5. The Labute approximate surface area is 146 Å². The van der Waals surface area contributed by atoms with Gasteiger partial charge in [0.25, 0.3) is 5.56 Å². The van der Waals surface area contributed by atoms with Crippen LogP contribution in [0.2, 0.25) is 5.02 Å². The summed E-state index contributed by atoms with van der Waals surface area (Å²) < 4.78 is 59.2. The minimum Gasteiger partial charge on any atom is -0.489 e. The Morgan fingerprint density at radius 1 is 1.32 bits per heavy atom. The van der Waals surface area contributed by atoms with Crippen LogP contribution in [-0.4, -0.2) is 15.9 Å². The number of hydrogen-bond acceptors (Lipinski definition) is 3. The fraction of sp³-hybridized carbons (Fsp3) is 0.375. The summed E-state index contributed by atoms with van der Waals surface area (Å²) >= 11 is 5.89. The van der Waals surface area contributed by atoms with Crippen LogP contribution in [0.25, 0.3) is 5.69 Å². The molecule has 0 radical (unpaired) electrons. The number of ether oxygens (including phenoxy) is 1. The van der Waals surface area contributed by atoms with Crippen LogP contribution in [0.4, 0.5) is 17.6 Å². The molecule has 0 aliphatic heterocycles. The number of rotatable bonds is 4. The monoisotopic (exact) mass is 378 g/mol. The third-order valence-corrected chi connectivity index (χ3v) is 3.62. The lowest BCUT2D eigenvalue weighted by Crippen LogP contribution is -2.29. The zero-order valence-electron chi connectivity index (χ0n) is 13.6. The minimum absolute atomic E-state index is 0.0226. The molecule has 1 heterocycles. The molecule has 2 aromatic rings. The summed E-state index contributed by atoms with van der Waals surface area (Å²) in [5.41, 5.74) is -3.02. The maximum Gasteiger partial charge on any atom is 0.418 e. The van der Waals surface area contributed by atoms with Crippen molar-refractivity contribution in [3.05, 3.63) is 50.7 Å². The maximum atomic E-state index is 14.2. The van der Waals surface area contributed by atoms with Gasteiger partial charge in [0.2, 0.25) is 0 Å². The second kappa shape index (κ2) is 7.03.